The lowest BCUT2D eigenvalue weighted by Crippen LogP contribution is -2.38. The minimum Gasteiger partial charge on any atom is -0.390 e. The van der Waals surface area contributed by atoms with E-state index in [2.05, 4.69) is 39.9 Å². The van der Waals surface area contributed by atoms with Gasteiger partial charge in [0.25, 0.3) is 0 Å². The summed E-state index contributed by atoms with van der Waals surface area (Å²) in [7, 11) is 0. The first-order valence-electron chi connectivity index (χ1n) is 7.01. The summed E-state index contributed by atoms with van der Waals surface area (Å²) in [5.74, 6) is 1.34. The molecule has 4 nitrogen and oxygen atoms in total. The average molecular weight is 302 g/mol. The second kappa shape index (κ2) is 7.31. The SMILES string of the molecule is C=C/C=C\SCC1(N=CN)CN(c2cccnc2)CC1C. The molecule has 2 unspecified atom stereocenters. The largest absolute Gasteiger partial charge is 0.390 e. The van der Waals surface area contributed by atoms with Crippen LogP contribution in [0.15, 0.2) is 53.7 Å². The molecule has 2 N–H and O–H groups in total. The minimum absolute atomic E-state index is 0.152. The van der Waals surface area contributed by atoms with Crippen molar-refractivity contribution in [2.75, 3.05) is 23.7 Å². The first-order chi connectivity index (χ1) is 10.2. The highest BCUT2D eigenvalue weighted by Gasteiger charge is 2.43. The van der Waals surface area contributed by atoms with E-state index in [-0.39, 0.29) is 5.54 Å². The molecule has 0 aromatic carbocycles. The van der Waals surface area contributed by atoms with Gasteiger partial charge in [-0.1, -0.05) is 25.7 Å². The Labute approximate surface area is 130 Å². The van der Waals surface area contributed by atoms with Crippen LogP contribution in [-0.4, -0.2) is 35.7 Å². The summed E-state index contributed by atoms with van der Waals surface area (Å²) < 4.78 is 0. The van der Waals surface area contributed by atoms with Crippen molar-refractivity contribution < 1.29 is 0 Å². The lowest BCUT2D eigenvalue weighted by molar-refractivity contribution is 0.417. The first-order valence-corrected chi connectivity index (χ1v) is 8.06. The van der Waals surface area contributed by atoms with Crippen LogP contribution < -0.4 is 10.6 Å². The normalized spacial score (nSPS) is 26.0. The molecule has 0 bridgehead atoms. The van der Waals surface area contributed by atoms with Crippen molar-refractivity contribution in [3.8, 4) is 0 Å². The predicted octanol–water partition coefficient (Wildman–Crippen LogP) is 2.70. The van der Waals surface area contributed by atoms with E-state index in [4.69, 9.17) is 5.73 Å². The van der Waals surface area contributed by atoms with Crippen molar-refractivity contribution in [2.24, 2.45) is 16.6 Å². The molecule has 21 heavy (non-hydrogen) atoms. The lowest BCUT2D eigenvalue weighted by atomic mass is 9.91. The van der Waals surface area contributed by atoms with Crippen LogP contribution in [0, 0.1) is 5.92 Å². The Morgan fingerprint density at radius 3 is 3.19 bits per heavy atom. The van der Waals surface area contributed by atoms with Gasteiger partial charge in [0, 0.05) is 31.0 Å². The van der Waals surface area contributed by atoms with Gasteiger partial charge in [-0.15, -0.1) is 11.8 Å². The quantitative estimate of drug-likeness (QED) is 0.499. The highest BCUT2D eigenvalue weighted by molar-refractivity contribution is 8.02. The number of aromatic nitrogens is 1. The zero-order valence-corrected chi connectivity index (χ0v) is 13.2. The van der Waals surface area contributed by atoms with Crippen molar-refractivity contribution >= 4 is 23.8 Å². The van der Waals surface area contributed by atoms with Gasteiger partial charge in [0.2, 0.25) is 0 Å². The van der Waals surface area contributed by atoms with Crippen molar-refractivity contribution in [2.45, 2.75) is 12.5 Å². The van der Waals surface area contributed by atoms with Gasteiger partial charge < -0.3 is 10.6 Å². The van der Waals surface area contributed by atoms with Crippen molar-refractivity contribution in [1.82, 2.24) is 4.98 Å². The molecule has 1 aromatic rings. The fourth-order valence-corrected chi connectivity index (χ4v) is 3.69. The van der Waals surface area contributed by atoms with Crippen LogP contribution in [0.25, 0.3) is 0 Å². The highest BCUT2D eigenvalue weighted by atomic mass is 32.2. The number of hydrogen-bond donors (Lipinski definition) is 1. The van der Waals surface area contributed by atoms with Gasteiger partial charge in [-0.2, -0.15) is 0 Å². The van der Waals surface area contributed by atoms with Gasteiger partial charge >= 0.3 is 0 Å². The maximum atomic E-state index is 5.60. The Balaban J connectivity index is 2.14. The van der Waals surface area contributed by atoms with E-state index in [0.29, 0.717) is 5.92 Å². The van der Waals surface area contributed by atoms with E-state index in [1.807, 2.05) is 18.3 Å². The number of hydrogen-bond acceptors (Lipinski definition) is 4. The number of pyridine rings is 1. The van der Waals surface area contributed by atoms with Crippen molar-refractivity contribution in [3.63, 3.8) is 0 Å². The fraction of sp³-hybridized carbons (Fsp3) is 0.375. The predicted molar refractivity (Wildman–Crippen MR) is 92.8 cm³/mol. The number of anilines is 1. The van der Waals surface area contributed by atoms with Crippen LogP contribution in [0.3, 0.4) is 0 Å². The molecular weight excluding hydrogens is 280 g/mol. The first kappa shape index (κ1) is 15.6. The molecule has 1 aliphatic rings. The van der Waals surface area contributed by atoms with E-state index >= 15 is 0 Å². The zero-order valence-electron chi connectivity index (χ0n) is 12.4. The molecule has 1 aliphatic heterocycles. The van der Waals surface area contributed by atoms with E-state index in [1.54, 1.807) is 24.0 Å². The Morgan fingerprint density at radius 1 is 1.67 bits per heavy atom. The maximum absolute atomic E-state index is 5.60. The number of thioether (sulfide) groups is 1. The molecule has 1 aromatic heterocycles. The smallest absolute Gasteiger partial charge is 0.0934 e. The third-order valence-electron chi connectivity index (χ3n) is 3.86. The molecule has 2 atom stereocenters. The average Bonchev–Trinajstić information content (AvgIpc) is 2.83. The summed E-state index contributed by atoms with van der Waals surface area (Å²) in [5, 5.41) is 2.06. The molecular formula is C16H22N4S. The van der Waals surface area contributed by atoms with Crippen LogP contribution in [0.1, 0.15) is 6.92 Å². The minimum atomic E-state index is -0.152. The van der Waals surface area contributed by atoms with E-state index in [1.165, 1.54) is 6.34 Å². The standard InChI is InChI=1S/C16H22N4S/c1-3-4-8-21-12-16(19-13-17)11-20(10-14(16)2)15-6-5-7-18-9-15/h3-9,13-14H,1,10-12H2,2H3,(H2,17,19)/b8-4-. The Bertz CT molecular complexity index is 514. The molecule has 1 fully saturated rings. The van der Waals surface area contributed by atoms with Crippen molar-refractivity contribution in [3.05, 3.63) is 48.7 Å². The van der Waals surface area contributed by atoms with Crippen LogP contribution in [0.2, 0.25) is 0 Å². The summed E-state index contributed by atoms with van der Waals surface area (Å²) >= 11 is 1.75. The lowest BCUT2D eigenvalue weighted by Gasteiger charge is -2.27. The Morgan fingerprint density at radius 2 is 2.52 bits per heavy atom. The monoisotopic (exact) mass is 302 g/mol. The second-order valence-electron chi connectivity index (χ2n) is 5.25. The molecule has 0 saturated carbocycles. The molecule has 0 radical (unpaired) electrons. The molecule has 1 saturated heterocycles. The maximum Gasteiger partial charge on any atom is 0.0934 e. The van der Waals surface area contributed by atoms with Crippen molar-refractivity contribution in [1.29, 1.82) is 0 Å². The van der Waals surface area contributed by atoms with Gasteiger partial charge in [-0.3, -0.25) is 9.98 Å². The molecule has 0 aliphatic carbocycles. The molecule has 2 rings (SSSR count). The van der Waals surface area contributed by atoms with Gasteiger partial charge in [-0.25, -0.2) is 0 Å². The number of allylic oxidation sites excluding steroid dienone is 2. The summed E-state index contributed by atoms with van der Waals surface area (Å²) in [4.78, 5) is 11.2. The molecule has 112 valence electrons. The van der Waals surface area contributed by atoms with Gasteiger partial charge in [0.1, 0.15) is 0 Å². The van der Waals surface area contributed by atoms with E-state index in [9.17, 15) is 0 Å². The number of nitrogens with zero attached hydrogens (tertiary/aromatic N) is 3. The Hall–Kier alpha value is -1.75. The Kier molecular flexibility index (Phi) is 5.44. The molecule has 0 spiro atoms. The van der Waals surface area contributed by atoms with E-state index in [0.717, 1.165) is 24.5 Å². The van der Waals surface area contributed by atoms with Crippen LogP contribution in [0.4, 0.5) is 5.69 Å². The summed E-state index contributed by atoms with van der Waals surface area (Å²) in [6.45, 7) is 7.75. The number of aliphatic imine (C=N–C) groups is 1. The topological polar surface area (TPSA) is 54.5 Å². The summed E-state index contributed by atoms with van der Waals surface area (Å²) in [6, 6.07) is 4.06. The third-order valence-corrected chi connectivity index (χ3v) is 4.88. The van der Waals surface area contributed by atoms with E-state index < -0.39 is 0 Å². The fourth-order valence-electron chi connectivity index (χ4n) is 2.63. The second-order valence-corrected chi connectivity index (χ2v) is 6.14. The molecule has 5 heteroatoms. The van der Waals surface area contributed by atoms with Crippen LogP contribution >= 0.6 is 11.8 Å². The zero-order chi connectivity index (χ0) is 15.1. The summed E-state index contributed by atoms with van der Waals surface area (Å²) in [6.07, 6.45) is 8.87. The molecule has 2 heterocycles. The van der Waals surface area contributed by atoms with Crippen LogP contribution in [-0.2, 0) is 0 Å². The number of nitrogens with two attached hydrogens (primary N) is 1. The van der Waals surface area contributed by atoms with Gasteiger partial charge in [0.15, 0.2) is 0 Å². The third kappa shape index (κ3) is 3.67. The van der Waals surface area contributed by atoms with Crippen LogP contribution in [0.5, 0.6) is 0 Å². The highest BCUT2D eigenvalue weighted by Crippen LogP contribution is 2.36. The summed E-state index contributed by atoms with van der Waals surface area (Å²) in [5.41, 5.74) is 6.60. The number of rotatable bonds is 6. The molecule has 0 amide bonds. The van der Waals surface area contributed by atoms with Gasteiger partial charge in [-0.05, 0) is 17.5 Å². The van der Waals surface area contributed by atoms with Gasteiger partial charge in [0.05, 0.1) is 23.8 Å².